The van der Waals surface area contributed by atoms with Gasteiger partial charge in [0.15, 0.2) is 0 Å². The fourth-order valence-electron chi connectivity index (χ4n) is 3.65. The third kappa shape index (κ3) is 2.89. The molecule has 0 radical (unpaired) electrons. The van der Waals surface area contributed by atoms with E-state index in [0.717, 1.165) is 24.1 Å². The normalized spacial score (nSPS) is 21.8. The summed E-state index contributed by atoms with van der Waals surface area (Å²) in [4.78, 5) is 13.7. The van der Waals surface area contributed by atoms with Gasteiger partial charge in [-0.2, -0.15) is 0 Å². The van der Waals surface area contributed by atoms with E-state index in [0.29, 0.717) is 6.42 Å². The van der Waals surface area contributed by atoms with E-state index in [1.54, 1.807) is 12.1 Å². The highest BCUT2D eigenvalue weighted by Crippen LogP contribution is 2.45. The molecule has 0 fully saturated rings. The van der Waals surface area contributed by atoms with Gasteiger partial charge in [-0.15, -0.1) is 0 Å². The molecule has 1 aliphatic rings. The topological polar surface area (TPSA) is 40.5 Å². The highest BCUT2D eigenvalue weighted by Gasteiger charge is 2.42. The third-order valence-electron chi connectivity index (χ3n) is 4.40. The quantitative estimate of drug-likeness (QED) is 0.905. The minimum Gasteiger partial charge on any atom is -0.480 e. The van der Waals surface area contributed by atoms with Crippen molar-refractivity contribution in [3.05, 3.63) is 29.6 Å². The van der Waals surface area contributed by atoms with Crippen LogP contribution in [0, 0.1) is 5.82 Å². The number of nitrogens with zero attached hydrogens (tertiary/aromatic N) is 1. The minimum atomic E-state index is -0.810. The summed E-state index contributed by atoms with van der Waals surface area (Å²) < 4.78 is 13.6. The Morgan fingerprint density at radius 2 is 2.19 bits per heavy atom. The lowest BCUT2D eigenvalue weighted by Crippen LogP contribution is -2.56. The van der Waals surface area contributed by atoms with Crippen molar-refractivity contribution < 1.29 is 14.3 Å². The fourth-order valence-corrected chi connectivity index (χ4v) is 3.65. The van der Waals surface area contributed by atoms with Crippen molar-refractivity contribution in [1.29, 1.82) is 0 Å². The molecule has 1 heterocycles. The lowest BCUT2D eigenvalue weighted by Gasteiger charge is -2.50. The van der Waals surface area contributed by atoms with Gasteiger partial charge in [-0.1, -0.05) is 20.3 Å². The van der Waals surface area contributed by atoms with Crippen molar-refractivity contribution in [2.45, 2.75) is 64.5 Å². The van der Waals surface area contributed by atoms with E-state index in [4.69, 9.17) is 0 Å². The van der Waals surface area contributed by atoms with E-state index < -0.39 is 12.0 Å². The van der Waals surface area contributed by atoms with Crippen molar-refractivity contribution in [1.82, 2.24) is 0 Å². The molecule has 1 aliphatic heterocycles. The summed E-state index contributed by atoms with van der Waals surface area (Å²) >= 11 is 0. The van der Waals surface area contributed by atoms with Crippen LogP contribution in [0.15, 0.2) is 18.2 Å². The molecule has 0 saturated heterocycles. The minimum absolute atomic E-state index is 0.220. The van der Waals surface area contributed by atoms with Gasteiger partial charge < -0.3 is 10.0 Å². The Hall–Kier alpha value is -1.58. The number of carboxylic acids is 1. The third-order valence-corrected chi connectivity index (χ3v) is 4.40. The van der Waals surface area contributed by atoms with Crippen molar-refractivity contribution >= 4 is 11.7 Å². The molecule has 1 aromatic rings. The summed E-state index contributed by atoms with van der Waals surface area (Å²) in [6, 6.07) is 4.13. The number of benzene rings is 1. The predicted octanol–water partition coefficient (Wildman–Crippen LogP) is 4.17. The van der Waals surface area contributed by atoms with Gasteiger partial charge in [0.2, 0.25) is 0 Å². The summed E-state index contributed by atoms with van der Waals surface area (Å²) in [7, 11) is 0. The molecular formula is C17H24FNO2. The molecule has 0 bridgehead atoms. The molecule has 0 unspecified atom stereocenters. The molecule has 0 amide bonds. The van der Waals surface area contributed by atoms with E-state index >= 15 is 0 Å². The van der Waals surface area contributed by atoms with E-state index in [-0.39, 0.29) is 17.3 Å². The smallest absolute Gasteiger partial charge is 0.326 e. The first kappa shape index (κ1) is 15.8. The van der Waals surface area contributed by atoms with E-state index in [1.165, 1.54) is 6.07 Å². The Morgan fingerprint density at radius 1 is 1.52 bits per heavy atom. The van der Waals surface area contributed by atoms with Crippen LogP contribution in [0.4, 0.5) is 10.1 Å². The van der Waals surface area contributed by atoms with Gasteiger partial charge in [-0.05, 0) is 56.4 Å². The van der Waals surface area contributed by atoms with Gasteiger partial charge in [0, 0.05) is 11.2 Å². The molecule has 3 nitrogen and oxygen atoms in total. The first-order valence-corrected chi connectivity index (χ1v) is 7.59. The maximum atomic E-state index is 13.6. The zero-order valence-corrected chi connectivity index (χ0v) is 13.2. The summed E-state index contributed by atoms with van der Waals surface area (Å²) in [5.41, 5.74) is 1.51. The zero-order valence-electron chi connectivity index (χ0n) is 13.2. The van der Waals surface area contributed by atoms with Crippen molar-refractivity contribution in [2.75, 3.05) is 4.90 Å². The molecule has 0 aromatic heterocycles. The Kier molecular flexibility index (Phi) is 4.26. The number of aliphatic carboxylic acids is 1. The summed E-state index contributed by atoms with van der Waals surface area (Å²) in [6.45, 7) is 8.21. The first-order valence-electron chi connectivity index (χ1n) is 7.59. The number of anilines is 1. The highest BCUT2D eigenvalue weighted by molar-refractivity contribution is 5.80. The molecule has 0 aliphatic carbocycles. The number of rotatable bonds is 4. The van der Waals surface area contributed by atoms with Crippen LogP contribution in [-0.4, -0.2) is 22.7 Å². The average molecular weight is 293 g/mol. The van der Waals surface area contributed by atoms with Gasteiger partial charge in [-0.25, -0.2) is 9.18 Å². The molecule has 0 spiro atoms. The second kappa shape index (κ2) is 5.66. The largest absolute Gasteiger partial charge is 0.480 e. The Morgan fingerprint density at radius 3 is 2.76 bits per heavy atom. The SMILES string of the molecule is CCC[C@@H](C(=O)O)N1c2ccc(F)cc2[C@H](C)CC1(C)C. The Labute approximate surface area is 125 Å². The first-order chi connectivity index (χ1) is 9.77. The van der Waals surface area contributed by atoms with Crippen LogP contribution in [-0.2, 0) is 4.79 Å². The molecule has 116 valence electrons. The van der Waals surface area contributed by atoms with Gasteiger partial charge in [0.1, 0.15) is 11.9 Å². The summed E-state index contributed by atoms with van der Waals surface area (Å²) in [5, 5.41) is 9.62. The van der Waals surface area contributed by atoms with E-state index in [9.17, 15) is 14.3 Å². The molecule has 21 heavy (non-hydrogen) atoms. The predicted molar refractivity (Wildman–Crippen MR) is 82.3 cm³/mol. The van der Waals surface area contributed by atoms with E-state index in [1.807, 2.05) is 11.8 Å². The van der Waals surface area contributed by atoms with Crippen LogP contribution in [0.2, 0.25) is 0 Å². The molecule has 1 N–H and O–H groups in total. The van der Waals surface area contributed by atoms with Crippen LogP contribution in [0.1, 0.15) is 58.4 Å². The van der Waals surface area contributed by atoms with Crippen LogP contribution >= 0.6 is 0 Å². The van der Waals surface area contributed by atoms with Crippen LogP contribution in [0.3, 0.4) is 0 Å². The monoisotopic (exact) mass is 293 g/mol. The molecule has 1 aromatic carbocycles. The molecule has 2 atom stereocenters. The van der Waals surface area contributed by atoms with Gasteiger partial charge in [0.05, 0.1) is 0 Å². The number of carboxylic acid groups (broad SMARTS) is 1. The maximum Gasteiger partial charge on any atom is 0.326 e. The van der Waals surface area contributed by atoms with Crippen LogP contribution < -0.4 is 4.90 Å². The van der Waals surface area contributed by atoms with Crippen molar-refractivity contribution in [3.63, 3.8) is 0 Å². The molecule has 4 heteroatoms. The van der Waals surface area contributed by atoms with Crippen molar-refractivity contribution in [3.8, 4) is 0 Å². The highest BCUT2D eigenvalue weighted by atomic mass is 19.1. The average Bonchev–Trinajstić information content (AvgIpc) is 2.37. The fraction of sp³-hybridized carbons (Fsp3) is 0.588. The number of hydrogen-bond donors (Lipinski definition) is 1. The van der Waals surface area contributed by atoms with Crippen LogP contribution in [0.25, 0.3) is 0 Å². The number of carbonyl (C=O) groups is 1. The number of halogens is 1. The Balaban J connectivity index is 2.56. The van der Waals surface area contributed by atoms with Gasteiger partial charge in [-0.3, -0.25) is 0 Å². The molecule has 2 rings (SSSR count). The number of hydrogen-bond acceptors (Lipinski definition) is 2. The van der Waals surface area contributed by atoms with Gasteiger partial charge in [0.25, 0.3) is 0 Å². The maximum absolute atomic E-state index is 13.6. The Bertz CT molecular complexity index is 542. The van der Waals surface area contributed by atoms with Crippen LogP contribution in [0.5, 0.6) is 0 Å². The van der Waals surface area contributed by atoms with Crippen molar-refractivity contribution in [2.24, 2.45) is 0 Å². The second-order valence-electron chi connectivity index (χ2n) is 6.63. The summed E-state index contributed by atoms with van der Waals surface area (Å²) in [5.74, 6) is -0.851. The molecule has 0 saturated carbocycles. The molecular weight excluding hydrogens is 269 g/mol. The second-order valence-corrected chi connectivity index (χ2v) is 6.63. The van der Waals surface area contributed by atoms with E-state index in [2.05, 4.69) is 20.8 Å². The summed E-state index contributed by atoms with van der Waals surface area (Å²) in [6.07, 6.45) is 2.20. The number of fused-ring (bicyclic) bond motifs is 1. The zero-order chi connectivity index (χ0) is 15.8. The standard InChI is InChI=1S/C17H24FNO2/c1-5-6-15(16(20)21)19-14-8-7-12(18)9-13(14)11(2)10-17(19,3)4/h7-9,11,15H,5-6,10H2,1-4H3,(H,20,21)/t11-,15+/m1/s1. The lowest BCUT2D eigenvalue weighted by atomic mass is 9.78. The lowest BCUT2D eigenvalue weighted by molar-refractivity contribution is -0.139. The van der Waals surface area contributed by atoms with Gasteiger partial charge >= 0.3 is 5.97 Å².